The monoisotopic (exact) mass is 448 g/mol. The van der Waals surface area contributed by atoms with Crippen molar-refractivity contribution in [3.63, 3.8) is 0 Å². The number of nitrogens with zero attached hydrogens (tertiary/aromatic N) is 3. The van der Waals surface area contributed by atoms with E-state index in [9.17, 15) is 19.2 Å². The Morgan fingerprint density at radius 3 is 2.00 bits per heavy atom. The lowest BCUT2D eigenvalue weighted by Crippen LogP contribution is -2.53. The standard InChI is InChI=1S/C25H28N4O4/c1-16(29-24(32)20-6-4-5-7-21(20)25(29)33)23(31)28-14-12-18(13-15-28)26-22(30)17-8-10-19(11-9-17)27(2)3/h4-11,16,18H,12-15H2,1-3H3,(H,26,30). The summed E-state index contributed by atoms with van der Waals surface area (Å²) in [5.74, 6) is -1.25. The summed E-state index contributed by atoms with van der Waals surface area (Å²) in [6, 6.07) is 13.1. The van der Waals surface area contributed by atoms with E-state index in [1.165, 1.54) is 0 Å². The van der Waals surface area contributed by atoms with Gasteiger partial charge in [0.1, 0.15) is 6.04 Å². The van der Waals surface area contributed by atoms with Crippen LogP contribution in [0.3, 0.4) is 0 Å². The van der Waals surface area contributed by atoms with Crippen molar-refractivity contribution in [2.75, 3.05) is 32.1 Å². The molecule has 0 aliphatic carbocycles. The maximum atomic E-state index is 13.1. The van der Waals surface area contributed by atoms with Crippen molar-refractivity contribution in [2.24, 2.45) is 0 Å². The number of likely N-dealkylation sites (tertiary alicyclic amines) is 1. The second-order valence-electron chi connectivity index (χ2n) is 8.72. The molecule has 1 unspecified atom stereocenters. The number of imide groups is 1. The minimum Gasteiger partial charge on any atom is -0.378 e. The molecule has 0 radical (unpaired) electrons. The lowest BCUT2D eigenvalue weighted by Gasteiger charge is -2.35. The SMILES string of the molecule is CC(C(=O)N1CCC(NC(=O)c2ccc(N(C)C)cc2)CC1)N1C(=O)c2ccccc2C1=O. The third kappa shape index (κ3) is 4.33. The normalized spacial score (nSPS) is 17.1. The van der Waals surface area contributed by atoms with E-state index in [1.54, 1.807) is 48.2 Å². The van der Waals surface area contributed by atoms with Crippen molar-refractivity contribution in [2.45, 2.75) is 31.8 Å². The van der Waals surface area contributed by atoms with Gasteiger partial charge in [-0.05, 0) is 56.2 Å². The lowest BCUT2D eigenvalue weighted by atomic mass is 10.0. The minimum absolute atomic E-state index is 0.0373. The van der Waals surface area contributed by atoms with Gasteiger partial charge in [-0.3, -0.25) is 24.1 Å². The van der Waals surface area contributed by atoms with Gasteiger partial charge < -0.3 is 15.1 Å². The molecule has 0 spiro atoms. The molecule has 0 saturated carbocycles. The van der Waals surface area contributed by atoms with Crippen LogP contribution in [0, 0.1) is 0 Å². The van der Waals surface area contributed by atoms with E-state index in [-0.39, 0.29) is 17.9 Å². The van der Waals surface area contributed by atoms with Crippen molar-refractivity contribution in [1.82, 2.24) is 15.1 Å². The summed E-state index contributed by atoms with van der Waals surface area (Å²) < 4.78 is 0. The topological polar surface area (TPSA) is 90.0 Å². The number of anilines is 1. The van der Waals surface area contributed by atoms with Crippen LogP contribution in [0.4, 0.5) is 5.69 Å². The summed E-state index contributed by atoms with van der Waals surface area (Å²) in [6.45, 7) is 2.50. The Morgan fingerprint density at radius 2 is 1.48 bits per heavy atom. The highest BCUT2D eigenvalue weighted by molar-refractivity contribution is 6.22. The van der Waals surface area contributed by atoms with Crippen molar-refractivity contribution < 1.29 is 19.2 Å². The average Bonchev–Trinajstić information content (AvgIpc) is 3.08. The molecule has 0 bridgehead atoms. The molecule has 1 fully saturated rings. The van der Waals surface area contributed by atoms with Gasteiger partial charge in [0.15, 0.2) is 0 Å². The first kappa shape index (κ1) is 22.5. The van der Waals surface area contributed by atoms with Gasteiger partial charge in [-0.25, -0.2) is 0 Å². The second kappa shape index (κ2) is 9.05. The fourth-order valence-electron chi connectivity index (χ4n) is 4.36. The first-order chi connectivity index (χ1) is 15.8. The van der Waals surface area contributed by atoms with Gasteiger partial charge in [0.2, 0.25) is 5.91 Å². The number of amides is 4. The summed E-state index contributed by atoms with van der Waals surface area (Å²) in [5.41, 5.74) is 2.29. The van der Waals surface area contributed by atoms with E-state index in [0.717, 1.165) is 10.6 Å². The Labute approximate surface area is 193 Å². The second-order valence-corrected chi connectivity index (χ2v) is 8.72. The molecular weight excluding hydrogens is 420 g/mol. The average molecular weight is 449 g/mol. The number of nitrogens with one attached hydrogen (secondary N) is 1. The maximum absolute atomic E-state index is 13.1. The van der Waals surface area contributed by atoms with Crippen LogP contribution in [0.2, 0.25) is 0 Å². The molecular formula is C25H28N4O4. The van der Waals surface area contributed by atoms with Crippen molar-refractivity contribution in [3.05, 3.63) is 65.2 Å². The molecule has 172 valence electrons. The molecule has 4 amide bonds. The molecule has 2 aliphatic heterocycles. The van der Waals surface area contributed by atoms with E-state index in [2.05, 4.69) is 5.32 Å². The third-order valence-corrected chi connectivity index (χ3v) is 6.36. The lowest BCUT2D eigenvalue weighted by molar-refractivity contribution is -0.136. The maximum Gasteiger partial charge on any atom is 0.262 e. The quantitative estimate of drug-likeness (QED) is 0.708. The Bertz CT molecular complexity index is 1050. The number of piperidine rings is 1. The van der Waals surface area contributed by atoms with Gasteiger partial charge in [-0.2, -0.15) is 0 Å². The molecule has 1 saturated heterocycles. The first-order valence-electron chi connectivity index (χ1n) is 11.1. The zero-order valence-corrected chi connectivity index (χ0v) is 19.1. The highest BCUT2D eigenvalue weighted by Crippen LogP contribution is 2.25. The number of hydrogen-bond acceptors (Lipinski definition) is 5. The summed E-state index contributed by atoms with van der Waals surface area (Å²) >= 11 is 0. The molecule has 2 aromatic rings. The summed E-state index contributed by atoms with van der Waals surface area (Å²) in [7, 11) is 3.89. The summed E-state index contributed by atoms with van der Waals surface area (Å²) in [5, 5.41) is 3.04. The first-order valence-corrected chi connectivity index (χ1v) is 11.1. The highest BCUT2D eigenvalue weighted by atomic mass is 16.2. The number of carbonyl (C=O) groups is 4. The number of carbonyl (C=O) groups excluding carboxylic acids is 4. The van der Waals surface area contributed by atoms with Crippen LogP contribution in [0.15, 0.2) is 48.5 Å². The van der Waals surface area contributed by atoms with E-state index in [1.807, 2.05) is 31.1 Å². The molecule has 8 nitrogen and oxygen atoms in total. The van der Waals surface area contributed by atoms with Crippen LogP contribution in [0.25, 0.3) is 0 Å². The summed E-state index contributed by atoms with van der Waals surface area (Å²) in [4.78, 5) is 55.7. The van der Waals surface area contributed by atoms with Crippen molar-refractivity contribution in [3.8, 4) is 0 Å². The molecule has 1 N–H and O–H groups in total. The molecule has 33 heavy (non-hydrogen) atoms. The predicted octanol–water partition coefficient (Wildman–Crippen LogP) is 2.16. The van der Waals surface area contributed by atoms with E-state index in [4.69, 9.17) is 0 Å². The molecule has 2 aromatic carbocycles. The zero-order chi connectivity index (χ0) is 23.7. The number of hydrogen-bond donors (Lipinski definition) is 1. The highest BCUT2D eigenvalue weighted by Gasteiger charge is 2.42. The van der Waals surface area contributed by atoms with Crippen molar-refractivity contribution in [1.29, 1.82) is 0 Å². The van der Waals surface area contributed by atoms with Gasteiger partial charge in [0.05, 0.1) is 11.1 Å². The van der Waals surface area contributed by atoms with E-state index >= 15 is 0 Å². The molecule has 4 rings (SSSR count). The number of benzene rings is 2. The van der Waals surface area contributed by atoms with Gasteiger partial charge in [0.25, 0.3) is 17.7 Å². The van der Waals surface area contributed by atoms with Gasteiger partial charge in [0, 0.05) is 44.5 Å². The minimum atomic E-state index is -0.876. The van der Waals surface area contributed by atoms with Crippen LogP contribution in [-0.4, -0.2) is 72.7 Å². The van der Waals surface area contributed by atoms with Crippen LogP contribution in [0.5, 0.6) is 0 Å². The number of fused-ring (bicyclic) bond motifs is 1. The molecule has 8 heteroatoms. The van der Waals surface area contributed by atoms with E-state index < -0.39 is 17.9 Å². The number of rotatable bonds is 5. The Kier molecular flexibility index (Phi) is 6.18. The van der Waals surface area contributed by atoms with Crippen LogP contribution >= 0.6 is 0 Å². The van der Waals surface area contributed by atoms with Gasteiger partial charge in [-0.15, -0.1) is 0 Å². The fourth-order valence-corrected chi connectivity index (χ4v) is 4.36. The largest absolute Gasteiger partial charge is 0.378 e. The fraction of sp³-hybridized carbons (Fsp3) is 0.360. The molecule has 2 aliphatic rings. The molecule has 0 aromatic heterocycles. The Hall–Kier alpha value is -3.68. The van der Waals surface area contributed by atoms with Gasteiger partial charge >= 0.3 is 0 Å². The predicted molar refractivity (Wildman–Crippen MR) is 124 cm³/mol. The van der Waals surface area contributed by atoms with Gasteiger partial charge in [-0.1, -0.05) is 12.1 Å². The molecule has 2 heterocycles. The Morgan fingerprint density at radius 1 is 0.939 bits per heavy atom. The van der Waals surface area contributed by atoms with Crippen molar-refractivity contribution >= 4 is 29.3 Å². The van der Waals surface area contributed by atoms with E-state index in [0.29, 0.717) is 42.6 Å². The summed E-state index contributed by atoms with van der Waals surface area (Å²) in [6.07, 6.45) is 1.23. The van der Waals surface area contributed by atoms with Crippen LogP contribution in [0.1, 0.15) is 50.8 Å². The molecule has 1 atom stereocenters. The third-order valence-electron chi connectivity index (χ3n) is 6.36. The Balaban J connectivity index is 1.32. The zero-order valence-electron chi connectivity index (χ0n) is 19.1. The smallest absolute Gasteiger partial charge is 0.262 e. The van der Waals surface area contributed by atoms with Crippen LogP contribution < -0.4 is 10.2 Å². The van der Waals surface area contributed by atoms with Crippen LogP contribution in [-0.2, 0) is 4.79 Å².